The molecule has 0 aliphatic rings. The molecule has 3 nitrogen and oxygen atoms in total. The van der Waals surface area contributed by atoms with Crippen molar-refractivity contribution in [3.63, 3.8) is 0 Å². The van der Waals surface area contributed by atoms with Crippen molar-refractivity contribution >= 4 is 12.6 Å². The molecule has 4 heteroatoms. The molecule has 1 aromatic carbocycles. The summed E-state index contributed by atoms with van der Waals surface area (Å²) in [6.07, 6.45) is 1.02. The highest BCUT2D eigenvalue weighted by Crippen LogP contribution is 2.18. The van der Waals surface area contributed by atoms with Crippen molar-refractivity contribution in [2.24, 2.45) is 5.92 Å². The molecule has 0 saturated heterocycles. The lowest BCUT2D eigenvalue weighted by Gasteiger charge is -2.12. The highest BCUT2D eigenvalue weighted by atomic mass is 32.1. The van der Waals surface area contributed by atoms with Gasteiger partial charge in [0.25, 0.3) is 5.56 Å². The number of aryl methyl sites for hydroxylation is 1. The van der Waals surface area contributed by atoms with Crippen LogP contribution in [0, 0.1) is 5.92 Å². The molecule has 0 aliphatic heterocycles. The Bertz CT molecular complexity index is 659. The van der Waals surface area contributed by atoms with Crippen LogP contribution in [0.15, 0.2) is 35.1 Å². The molecule has 0 unspecified atom stereocenters. The quantitative estimate of drug-likeness (QED) is 0.857. The normalized spacial score (nSPS) is 11.1. The molecule has 0 spiro atoms. The molecule has 2 rings (SSSR count). The largest absolute Gasteiger partial charge is 0.270 e. The Morgan fingerprint density at radius 3 is 2.43 bits per heavy atom. The van der Waals surface area contributed by atoms with Crippen molar-refractivity contribution in [3.8, 4) is 11.3 Å². The number of thiol groups is 1. The monoisotopic (exact) mass is 302 g/mol. The van der Waals surface area contributed by atoms with E-state index in [0.717, 1.165) is 17.7 Å². The third-order valence-electron chi connectivity index (χ3n) is 3.41. The van der Waals surface area contributed by atoms with E-state index in [9.17, 15) is 4.79 Å². The van der Waals surface area contributed by atoms with E-state index < -0.39 is 0 Å². The van der Waals surface area contributed by atoms with Gasteiger partial charge in [0.1, 0.15) is 0 Å². The summed E-state index contributed by atoms with van der Waals surface area (Å²) in [5.41, 5.74) is 3.83. The van der Waals surface area contributed by atoms with Gasteiger partial charge in [-0.15, -0.1) is 0 Å². The summed E-state index contributed by atoms with van der Waals surface area (Å²) in [4.78, 5) is 12.3. The standard InChI is InChI=1S/C17H22N2OS/c1-4-13-5-7-14(8-6-13)16-9-15(11-21)17(20)19(18-16)10-12(2)3/h5-9,12,21H,4,10-11H2,1-3H3. The van der Waals surface area contributed by atoms with Crippen LogP contribution in [0.1, 0.15) is 31.9 Å². The van der Waals surface area contributed by atoms with E-state index in [1.807, 2.05) is 6.07 Å². The lowest BCUT2D eigenvalue weighted by molar-refractivity contribution is 0.463. The van der Waals surface area contributed by atoms with Gasteiger partial charge < -0.3 is 0 Å². The average Bonchev–Trinajstić information content (AvgIpc) is 2.49. The van der Waals surface area contributed by atoms with Gasteiger partial charge in [-0.1, -0.05) is 45.0 Å². The summed E-state index contributed by atoms with van der Waals surface area (Å²) in [6.45, 7) is 6.92. The second-order valence-electron chi connectivity index (χ2n) is 5.64. The summed E-state index contributed by atoms with van der Waals surface area (Å²) in [5.74, 6) is 0.806. The lowest BCUT2D eigenvalue weighted by Crippen LogP contribution is -2.28. The minimum Gasteiger partial charge on any atom is -0.267 e. The van der Waals surface area contributed by atoms with Gasteiger partial charge >= 0.3 is 0 Å². The van der Waals surface area contributed by atoms with Crippen molar-refractivity contribution in [3.05, 3.63) is 51.8 Å². The molecule has 0 bridgehead atoms. The van der Waals surface area contributed by atoms with E-state index in [2.05, 4.69) is 62.8 Å². The van der Waals surface area contributed by atoms with Crippen LogP contribution in [0.4, 0.5) is 0 Å². The molecule has 0 radical (unpaired) electrons. The van der Waals surface area contributed by atoms with Crippen molar-refractivity contribution in [1.29, 1.82) is 0 Å². The average molecular weight is 302 g/mol. The van der Waals surface area contributed by atoms with Crippen LogP contribution < -0.4 is 5.56 Å². The van der Waals surface area contributed by atoms with Crippen LogP contribution in [0.5, 0.6) is 0 Å². The Labute approximate surface area is 131 Å². The molecule has 1 heterocycles. The van der Waals surface area contributed by atoms with Gasteiger partial charge in [-0.05, 0) is 24.0 Å². The van der Waals surface area contributed by atoms with E-state index in [1.165, 1.54) is 5.56 Å². The molecule has 0 aliphatic carbocycles. The summed E-state index contributed by atoms with van der Waals surface area (Å²) < 4.78 is 1.57. The zero-order chi connectivity index (χ0) is 15.4. The number of aromatic nitrogens is 2. The first-order chi connectivity index (χ1) is 10.0. The van der Waals surface area contributed by atoms with Gasteiger partial charge in [-0.2, -0.15) is 17.7 Å². The lowest BCUT2D eigenvalue weighted by atomic mass is 10.1. The van der Waals surface area contributed by atoms with Crippen LogP contribution >= 0.6 is 12.6 Å². The highest BCUT2D eigenvalue weighted by Gasteiger charge is 2.10. The fourth-order valence-electron chi connectivity index (χ4n) is 2.23. The summed E-state index contributed by atoms with van der Waals surface area (Å²) in [6, 6.07) is 10.2. The van der Waals surface area contributed by atoms with Gasteiger partial charge in [0.15, 0.2) is 0 Å². The van der Waals surface area contributed by atoms with Gasteiger partial charge in [0.2, 0.25) is 0 Å². The number of rotatable bonds is 5. The first-order valence-electron chi connectivity index (χ1n) is 7.36. The molecule has 0 saturated carbocycles. The fourth-order valence-corrected chi connectivity index (χ4v) is 2.46. The van der Waals surface area contributed by atoms with Crippen molar-refractivity contribution in [2.45, 2.75) is 39.5 Å². The maximum Gasteiger partial charge on any atom is 0.270 e. The van der Waals surface area contributed by atoms with Crippen LogP contribution in [0.25, 0.3) is 11.3 Å². The van der Waals surface area contributed by atoms with Gasteiger partial charge in [0, 0.05) is 23.4 Å². The molecule has 0 amide bonds. The Morgan fingerprint density at radius 1 is 1.24 bits per heavy atom. The Balaban J connectivity index is 2.49. The van der Waals surface area contributed by atoms with Crippen LogP contribution in [0.3, 0.4) is 0 Å². The molecule has 0 fully saturated rings. The molecule has 0 N–H and O–H groups in total. The molecule has 112 valence electrons. The van der Waals surface area contributed by atoms with Gasteiger partial charge in [-0.3, -0.25) is 4.79 Å². The number of benzene rings is 1. The maximum absolute atomic E-state index is 12.3. The van der Waals surface area contributed by atoms with Gasteiger partial charge in [0.05, 0.1) is 5.69 Å². The van der Waals surface area contributed by atoms with E-state index in [1.54, 1.807) is 4.68 Å². The second-order valence-corrected chi connectivity index (χ2v) is 5.96. The SMILES string of the molecule is CCc1ccc(-c2cc(CS)c(=O)n(CC(C)C)n2)cc1. The van der Waals surface area contributed by atoms with E-state index in [4.69, 9.17) is 0 Å². The highest BCUT2D eigenvalue weighted by molar-refractivity contribution is 7.79. The van der Waals surface area contributed by atoms with Crippen molar-refractivity contribution in [2.75, 3.05) is 0 Å². The molecule has 1 aromatic heterocycles. The predicted molar refractivity (Wildman–Crippen MR) is 90.8 cm³/mol. The van der Waals surface area contributed by atoms with Crippen LogP contribution in [-0.4, -0.2) is 9.78 Å². The van der Waals surface area contributed by atoms with Crippen LogP contribution in [0.2, 0.25) is 0 Å². The van der Waals surface area contributed by atoms with E-state index >= 15 is 0 Å². The Kier molecular flexibility index (Phi) is 5.23. The summed E-state index contributed by atoms with van der Waals surface area (Å²) >= 11 is 4.27. The minimum atomic E-state index is -0.0346. The van der Waals surface area contributed by atoms with Crippen molar-refractivity contribution in [1.82, 2.24) is 9.78 Å². The molecule has 0 atom stereocenters. The van der Waals surface area contributed by atoms with Gasteiger partial charge in [-0.25, -0.2) is 4.68 Å². The second kappa shape index (κ2) is 6.94. The van der Waals surface area contributed by atoms with Crippen molar-refractivity contribution < 1.29 is 0 Å². The smallest absolute Gasteiger partial charge is 0.267 e. The first kappa shape index (κ1) is 15.8. The number of hydrogen-bond acceptors (Lipinski definition) is 3. The van der Waals surface area contributed by atoms with E-state index in [0.29, 0.717) is 23.8 Å². The number of hydrogen-bond donors (Lipinski definition) is 1. The van der Waals surface area contributed by atoms with Crippen LogP contribution in [-0.2, 0) is 18.7 Å². The predicted octanol–water partition coefficient (Wildman–Crippen LogP) is 3.56. The third-order valence-corrected chi connectivity index (χ3v) is 3.76. The molecule has 2 aromatic rings. The number of nitrogens with zero attached hydrogens (tertiary/aromatic N) is 2. The summed E-state index contributed by atoms with van der Waals surface area (Å²) in [5, 5.41) is 4.52. The fraction of sp³-hybridized carbons (Fsp3) is 0.412. The minimum absolute atomic E-state index is 0.0346. The first-order valence-corrected chi connectivity index (χ1v) is 7.99. The van der Waals surface area contributed by atoms with E-state index in [-0.39, 0.29) is 5.56 Å². The Morgan fingerprint density at radius 2 is 1.90 bits per heavy atom. The zero-order valence-corrected chi connectivity index (χ0v) is 13.7. The summed E-state index contributed by atoms with van der Waals surface area (Å²) in [7, 11) is 0. The topological polar surface area (TPSA) is 34.9 Å². The molecule has 21 heavy (non-hydrogen) atoms. The third kappa shape index (κ3) is 3.76. The zero-order valence-electron chi connectivity index (χ0n) is 12.8. The maximum atomic E-state index is 12.3. The molecular formula is C17H22N2OS. The Hall–Kier alpha value is -1.55. The molecular weight excluding hydrogens is 280 g/mol.